The smallest absolute Gasteiger partial charge is 0.0344 e. The molecule has 0 aliphatic rings. The number of aryl methyl sites for hydroxylation is 1. The van der Waals surface area contributed by atoms with Crippen molar-refractivity contribution < 1.29 is 0 Å². The summed E-state index contributed by atoms with van der Waals surface area (Å²) in [4.78, 5) is 0. The molecule has 0 amide bonds. The van der Waals surface area contributed by atoms with Crippen molar-refractivity contribution in [3.05, 3.63) is 35.4 Å². The Morgan fingerprint density at radius 2 is 1.64 bits per heavy atom. The topological polar surface area (TPSA) is 26.0 Å². The van der Waals surface area contributed by atoms with Gasteiger partial charge < -0.3 is 5.73 Å². The van der Waals surface area contributed by atoms with E-state index in [2.05, 4.69) is 52.0 Å². The van der Waals surface area contributed by atoms with Crippen LogP contribution in [0.25, 0.3) is 0 Å². The third-order valence-electron chi connectivity index (χ3n) is 2.68. The van der Waals surface area contributed by atoms with E-state index >= 15 is 0 Å². The van der Waals surface area contributed by atoms with Crippen LogP contribution in [0.4, 0.5) is 0 Å². The maximum absolute atomic E-state index is 6.16. The quantitative estimate of drug-likeness (QED) is 0.762. The summed E-state index contributed by atoms with van der Waals surface area (Å²) in [7, 11) is 0. The standard InChI is InChI=1S/C13H21N/c1-5-10-6-8-11(9-7-10)12(14)13(2,3)4/h6-9,12H,5,14H2,1-4H3/t12-/m1/s1. The van der Waals surface area contributed by atoms with Gasteiger partial charge in [0.05, 0.1) is 0 Å². The van der Waals surface area contributed by atoms with E-state index in [1.165, 1.54) is 11.1 Å². The molecule has 1 rings (SSSR count). The van der Waals surface area contributed by atoms with Gasteiger partial charge in [-0.15, -0.1) is 0 Å². The van der Waals surface area contributed by atoms with Crippen molar-refractivity contribution in [3.8, 4) is 0 Å². The number of benzene rings is 1. The minimum absolute atomic E-state index is 0.119. The maximum Gasteiger partial charge on any atom is 0.0344 e. The molecule has 0 aromatic heterocycles. The molecule has 0 aliphatic heterocycles. The van der Waals surface area contributed by atoms with Crippen molar-refractivity contribution in [2.24, 2.45) is 11.1 Å². The van der Waals surface area contributed by atoms with E-state index in [1.54, 1.807) is 0 Å². The average molecular weight is 191 g/mol. The second-order valence-corrected chi connectivity index (χ2v) is 4.94. The third kappa shape index (κ3) is 2.58. The van der Waals surface area contributed by atoms with E-state index in [0.717, 1.165) is 6.42 Å². The molecule has 0 aliphatic carbocycles. The summed E-state index contributed by atoms with van der Waals surface area (Å²) in [6.07, 6.45) is 1.09. The first-order valence-electron chi connectivity index (χ1n) is 5.29. The van der Waals surface area contributed by atoms with Crippen molar-refractivity contribution in [2.75, 3.05) is 0 Å². The Bertz CT molecular complexity index is 279. The summed E-state index contributed by atoms with van der Waals surface area (Å²) in [6.45, 7) is 8.68. The number of nitrogens with two attached hydrogens (primary N) is 1. The highest BCUT2D eigenvalue weighted by atomic mass is 14.7. The fraction of sp³-hybridized carbons (Fsp3) is 0.538. The van der Waals surface area contributed by atoms with E-state index < -0.39 is 0 Å². The van der Waals surface area contributed by atoms with Gasteiger partial charge in [-0.25, -0.2) is 0 Å². The van der Waals surface area contributed by atoms with Crippen molar-refractivity contribution in [1.82, 2.24) is 0 Å². The van der Waals surface area contributed by atoms with Gasteiger partial charge >= 0.3 is 0 Å². The molecule has 0 radical (unpaired) electrons. The lowest BCUT2D eigenvalue weighted by atomic mass is 9.83. The molecule has 1 atom stereocenters. The van der Waals surface area contributed by atoms with Gasteiger partial charge in [0.25, 0.3) is 0 Å². The van der Waals surface area contributed by atoms with Crippen LogP contribution < -0.4 is 5.73 Å². The molecular weight excluding hydrogens is 170 g/mol. The van der Waals surface area contributed by atoms with Crippen LogP contribution in [-0.4, -0.2) is 0 Å². The van der Waals surface area contributed by atoms with E-state index in [-0.39, 0.29) is 11.5 Å². The Labute approximate surface area is 87.3 Å². The molecule has 78 valence electrons. The van der Waals surface area contributed by atoms with E-state index in [1.807, 2.05) is 0 Å². The first kappa shape index (κ1) is 11.3. The zero-order valence-corrected chi connectivity index (χ0v) is 9.67. The lowest BCUT2D eigenvalue weighted by molar-refractivity contribution is 0.327. The highest BCUT2D eigenvalue weighted by Gasteiger charge is 2.21. The highest BCUT2D eigenvalue weighted by Crippen LogP contribution is 2.30. The maximum atomic E-state index is 6.16. The van der Waals surface area contributed by atoms with Crippen LogP contribution in [0.2, 0.25) is 0 Å². The number of rotatable bonds is 2. The summed E-state index contributed by atoms with van der Waals surface area (Å²) in [5, 5.41) is 0. The molecule has 1 nitrogen and oxygen atoms in total. The molecule has 14 heavy (non-hydrogen) atoms. The molecule has 1 aromatic rings. The minimum atomic E-state index is 0.119. The van der Waals surface area contributed by atoms with Crippen LogP contribution in [0.3, 0.4) is 0 Å². The summed E-state index contributed by atoms with van der Waals surface area (Å²) >= 11 is 0. The van der Waals surface area contributed by atoms with Gasteiger partial charge in [0.15, 0.2) is 0 Å². The highest BCUT2D eigenvalue weighted by molar-refractivity contribution is 5.25. The van der Waals surface area contributed by atoms with Crippen LogP contribution in [0.5, 0.6) is 0 Å². The predicted octanol–water partition coefficient (Wildman–Crippen LogP) is 3.29. The Kier molecular flexibility index (Phi) is 3.33. The zero-order valence-electron chi connectivity index (χ0n) is 9.67. The summed E-state index contributed by atoms with van der Waals surface area (Å²) in [6, 6.07) is 8.75. The van der Waals surface area contributed by atoms with Gasteiger partial charge in [-0.3, -0.25) is 0 Å². The molecule has 0 saturated heterocycles. The first-order chi connectivity index (χ1) is 6.45. The van der Waals surface area contributed by atoms with Crippen molar-refractivity contribution in [2.45, 2.75) is 40.2 Å². The monoisotopic (exact) mass is 191 g/mol. The van der Waals surface area contributed by atoms with Crippen LogP contribution in [0.1, 0.15) is 44.9 Å². The Morgan fingerprint density at radius 3 is 2.00 bits per heavy atom. The molecule has 0 fully saturated rings. The van der Waals surface area contributed by atoms with Crippen molar-refractivity contribution >= 4 is 0 Å². The molecule has 0 heterocycles. The molecule has 0 saturated carbocycles. The van der Waals surface area contributed by atoms with Gasteiger partial charge in [-0.1, -0.05) is 52.0 Å². The lowest BCUT2D eigenvalue weighted by Gasteiger charge is -2.27. The van der Waals surface area contributed by atoms with E-state index in [4.69, 9.17) is 5.73 Å². The van der Waals surface area contributed by atoms with Crippen LogP contribution >= 0.6 is 0 Å². The van der Waals surface area contributed by atoms with Crippen LogP contribution in [0, 0.1) is 5.41 Å². The Hall–Kier alpha value is -0.820. The third-order valence-corrected chi connectivity index (χ3v) is 2.68. The lowest BCUT2D eigenvalue weighted by Crippen LogP contribution is -2.26. The molecular formula is C13H21N. The summed E-state index contributed by atoms with van der Waals surface area (Å²) in [5.41, 5.74) is 8.90. The second-order valence-electron chi connectivity index (χ2n) is 4.94. The number of hydrogen-bond acceptors (Lipinski definition) is 1. The van der Waals surface area contributed by atoms with Gasteiger partial charge in [0.2, 0.25) is 0 Å². The van der Waals surface area contributed by atoms with Gasteiger partial charge in [0, 0.05) is 6.04 Å². The molecule has 0 spiro atoms. The van der Waals surface area contributed by atoms with Gasteiger partial charge in [-0.2, -0.15) is 0 Å². The van der Waals surface area contributed by atoms with Crippen molar-refractivity contribution in [1.29, 1.82) is 0 Å². The second kappa shape index (κ2) is 4.14. The van der Waals surface area contributed by atoms with Gasteiger partial charge in [0.1, 0.15) is 0 Å². The Morgan fingerprint density at radius 1 is 1.14 bits per heavy atom. The predicted molar refractivity (Wildman–Crippen MR) is 62.2 cm³/mol. The Balaban J connectivity index is 2.87. The SMILES string of the molecule is CCc1ccc([C@@H](N)C(C)(C)C)cc1. The van der Waals surface area contributed by atoms with Crippen LogP contribution in [0.15, 0.2) is 24.3 Å². The molecule has 1 aromatic carbocycles. The molecule has 0 bridgehead atoms. The average Bonchev–Trinajstić information content (AvgIpc) is 2.15. The molecule has 0 unspecified atom stereocenters. The van der Waals surface area contributed by atoms with Gasteiger partial charge in [-0.05, 0) is 23.0 Å². The van der Waals surface area contributed by atoms with Crippen LogP contribution in [-0.2, 0) is 6.42 Å². The van der Waals surface area contributed by atoms with E-state index in [9.17, 15) is 0 Å². The zero-order chi connectivity index (χ0) is 10.8. The fourth-order valence-corrected chi connectivity index (χ4v) is 1.46. The number of hydrogen-bond donors (Lipinski definition) is 1. The summed E-state index contributed by atoms with van der Waals surface area (Å²) < 4.78 is 0. The van der Waals surface area contributed by atoms with Crippen molar-refractivity contribution in [3.63, 3.8) is 0 Å². The fourth-order valence-electron chi connectivity index (χ4n) is 1.46. The summed E-state index contributed by atoms with van der Waals surface area (Å²) in [5.74, 6) is 0. The minimum Gasteiger partial charge on any atom is -0.324 e. The van der Waals surface area contributed by atoms with E-state index in [0.29, 0.717) is 0 Å². The molecule has 2 N–H and O–H groups in total. The first-order valence-corrected chi connectivity index (χ1v) is 5.29. The largest absolute Gasteiger partial charge is 0.324 e. The normalized spacial score (nSPS) is 14.1. The molecule has 1 heteroatoms.